The Morgan fingerprint density at radius 3 is 3.00 bits per heavy atom. The second-order valence-electron chi connectivity index (χ2n) is 2.83. The Morgan fingerprint density at radius 2 is 2.46 bits per heavy atom. The Kier molecular flexibility index (Phi) is 2.34. The van der Waals surface area contributed by atoms with Crippen molar-refractivity contribution in [2.75, 3.05) is 19.8 Å². The first-order valence-electron chi connectivity index (χ1n) is 4.00. The number of nitrogens with one attached hydrogen (secondary N) is 2. The van der Waals surface area contributed by atoms with Crippen LogP contribution in [0.4, 0.5) is 0 Å². The summed E-state index contributed by atoms with van der Waals surface area (Å²) >= 11 is 0.947. The molecule has 1 aliphatic rings. The zero-order valence-electron chi connectivity index (χ0n) is 6.87. The molecule has 3 N–H and O–H groups in total. The van der Waals surface area contributed by atoms with Crippen molar-refractivity contribution in [2.45, 2.75) is 6.04 Å². The van der Waals surface area contributed by atoms with E-state index in [0.29, 0.717) is 25.3 Å². The highest BCUT2D eigenvalue weighted by Gasteiger charge is 2.22. The van der Waals surface area contributed by atoms with E-state index in [4.69, 9.17) is 4.74 Å². The van der Waals surface area contributed by atoms with Gasteiger partial charge in [-0.25, -0.2) is 0 Å². The van der Waals surface area contributed by atoms with Gasteiger partial charge in [0.05, 0.1) is 24.8 Å². The SMILES string of the molecule is O=c1[nH]sc(O)c1C1COCCN1. The van der Waals surface area contributed by atoms with Crippen LogP contribution in [0.5, 0.6) is 5.06 Å². The lowest BCUT2D eigenvalue weighted by Crippen LogP contribution is -2.36. The molecule has 0 radical (unpaired) electrons. The molecule has 5 nitrogen and oxygen atoms in total. The first-order chi connectivity index (χ1) is 6.29. The average molecular weight is 202 g/mol. The lowest BCUT2D eigenvalue weighted by Gasteiger charge is -2.22. The highest BCUT2D eigenvalue weighted by molar-refractivity contribution is 7.07. The third kappa shape index (κ3) is 1.60. The molecule has 1 unspecified atom stereocenters. The Hall–Kier alpha value is -0.850. The van der Waals surface area contributed by atoms with Gasteiger partial charge < -0.3 is 15.2 Å². The van der Waals surface area contributed by atoms with E-state index in [1.807, 2.05) is 0 Å². The van der Waals surface area contributed by atoms with Crippen molar-refractivity contribution in [2.24, 2.45) is 0 Å². The number of aromatic hydroxyl groups is 1. The normalized spacial score (nSPS) is 23.2. The van der Waals surface area contributed by atoms with Crippen molar-refractivity contribution in [1.29, 1.82) is 0 Å². The van der Waals surface area contributed by atoms with Gasteiger partial charge in [0.2, 0.25) is 0 Å². The van der Waals surface area contributed by atoms with Crippen LogP contribution in [0.1, 0.15) is 11.6 Å². The topological polar surface area (TPSA) is 74.4 Å². The van der Waals surface area contributed by atoms with E-state index >= 15 is 0 Å². The van der Waals surface area contributed by atoms with Crippen LogP contribution in [0.2, 0.25) is 0 Å². The monoisotopic (exact) mass is 202 g/mol. The van der Waals surface area contributed by atoms with Crippen LogP contribution in [0.15, 0.2) is 4.79 Å². The molecular formula is C7H10N2O3S. The zero-order valence-corrected chi connectivity index (χ0v) is 7.69. The van der Waals surface area contributed by atoms with E-state index in [-0.39, 0.29) is 16.7 Å². The lowest BCUT2D eigenvalue weighted by molar-refractivity contribution is 0.0759. The molecule has 0 aromatic carbocycles. The molecule has 0 saturated carbocycles. The fraction of sp³-hybridized carbons (Fsp3) is 0.571. The molecule has 2 heterocycles. The van der Waals surface area contributed by atoms with E-state index in [9.17, 15) is 9.90 Å². The van der Waals surface area contributed by atoms with Gasteiger partial charge in [0.25, 0.3) is 5.56 Å². The molecule has 0 bridgehead atoms. The summed E-state index contributed by atoms with van der Waals surface area (Å²) in [7, 11) is 0. The number of morpholine rings is 1. The van der Waals surface area contributed by atoms with Crippen molar-refractivity contribution < 1.29 is 9.84 Å². The van der Waals surface area contributed by atoms with Crippen LogP contribution in [-0.2, 0) is 4.74 Å². The van der Waals surface area contributed by atoms with Gasteiger partial charge in [-0.1, -0.05) is 0 Å². The summed E-state index contributed by atoms with van der Waals surface area (Å²) in [4.78, 5) is 11.2. The summed E-state index contributed by atoms with van der Waals surface area (Å²) in [6.45, 7) is 1.80. The van der Waals surface area contributed by atoms with E-state index in [1.54, 1.807) is 0 Å². The molecule has 1 saturated heterocycles. The Labute approximate surface area is 78.5 Å². The van der Waals surface area contributed by atoms with Gasteiger partial charge in [-0.05, 0) is 11.5 Å². The molecule has 0 aliphatic carbocycles. The predicted octanol–water partition coefficient (Wildman–Crippen LogP) is -0.197. The van der Waals surface area contributed by atoms with Crippen molar-refractivity contribution in [3.63, 3.8) is 0 Å². The van der Waals surface area contributed by atoms with Crippen LogP contribution in [0.25, 0.3) is 0 Å². The van der Waals surface area contributed by atoms with Crippen LogP contribution in [-0.4, -0.2) is 29.2 Å². The van der Waals surface area contributed by atoms with E-state index in [1.165, 1.54) is 0 Å². The highest BCUT2D eigenvalue weighted by atomic mass is 32.1. The van der Waals surface area contributed by atoms with Gasteiger partial charge >= 0.3 is 0 Å². The summed E-state index contributed by atoms with van der Waals surface area (Å²) in [6.07, 6.45) is 0. The van der Waals surface area contributed by atoms with Crippen molar-refractivity contribution in [3.8, 4) is 5.06 Å². The second kappa shape index (κ2) is 3.49. The first kappa shape index (κ1) is 8.74. The summed E-state index contributed by atoms with van der Waals surface area (Å²) in [5, 5.41) is 12.5. The van der Waals surface area contributed by atoms with Crippen molar-refractivity contribution >= 4 is 11.5 Å². The molecule has 1 atom stereocenters. The van der Waals surface area contributed by atoms with Gasteiger partial charge in [0.1, 0.15) is 0 Å². The maximum atomic E-state index is 11.2. The maximum absolute atomic E-state index is 11.2. The van der Waals surface area contributed by atoms with Crippen LogP contribution in [0, 0.1) is 0 Å². The van der Waals surface area contributed by atoms with Gasteiger partial charge in [-0.3, -0.25) is 9.17 Å². The molecule has 0 spiro atoms. The maximum Gasteiger partial charge on any atom is 0.266 e. The summed E-state index contributed by atoms with van der Waals surface area (Å²) in [5.74, 6) is 0. The molecule has 2 rings (SSSR count). The second-order valence-corrected chi connectivity index (χ2v) is 3.63. The number of ether oxygens (including phenoxy) is 1. The first-order valence-corrected chi connectivity index (χ1v) is 4.82. The molecule has 13 heavy (non-hydrogen) atoms. The van der Waals surface area contributed by atoms with Crippen molar-refractivity contribution in [3.05, 3.63) is 15.9 Å². The van der Waals surface area contributed by atoms with E-state index in [2.05, 4.69) is 9.69 Å². The van der Waals surface area contributed by atoms with Crippen LogP contribution >= 0.6 is 11.5 Å². The molecule has 0 amide bonds. The highest BCUT2D eigenvalue weighted by Crippen LogP contribution is 2.24. The fourth-order valence-electron chi connectivity index (χ4n) is 1.36. The Morgan fingerprint density at radius 1 is 1.62 bits per heavy atom. The predicted molar refractivity (Wildman–Crippen MR) is 48.2 cm³/mol. The molecular weight excluding hydrogens is 192 g/mol. The van der Waals surface area contributed by atoms with E-state index in [0.717, 1.165) is 11.5 Å². The molecule has 6 heteroatoms. The summed E-state index contributed by atoms with van der Waals surface area (Å²) in [6, 6.07) is -0.177. The number of H-pyrrole nitrogens is 1. The average Bonchev–Trinajstić information content (AvgIpc) is 2.48. The molecule has 1 fully saturated rings. The molecule has 1 aliphatic heterocycles. The third-order valence-electron chi connectivity index (χ3n) is 1.99. The van der Waals surface area contributed by atoms with Gasteiger partial charge in [0.15, 0.2) is 5.06 Å². The Bertz CT molecular complexity index is 340. The summed E-state index contributed by atoms with van der Waals surface area (Å²) in [5.41, 5.74) is 0.162. The smallest absolute Gasteiger partial charge is 0.266 e. The molecule has 1 aromatic rings. The van der Waals surface area contributed by atoms with Gasteiger partial charge in [-0.15, -0.1) is 0 Å². The fourth-order valence-corrected chi connectivity index (χ4v) is 2.00. The molecule has 72 valence electrons. The number of aromatic nitrogens is 1. The largest absolute Gasteiger partial charge is 0.498 e. The Balaban J connectivity index is 2.27. The summed E-state index contributed by atoms with van der Waals surface area (Å²) < 4.78 is 7.67. The quantitative estimate of drug-likeness (QED) is 0.589. The van der Waals surface area contributed by atoms with Crippen LogP contribution < -0.4 is 10.9 Å². The van der Waals surface area contributed by atoms with Gasteiger partial charge in [0, 0.05) is 6.54 Å². The lowest BCUT2D eigenvalue weighted by atomic mass is 10.1. The minimum absolute atomic E-state index is 0.0491. The van der Waals surface area contributed by atoms with Gasteiger partial charge in [-0.2, -0.15) is 0 Å². The van der Waals surface area contributed by atoms with Crippen molar-refractivity contribution in [1.82, 2.24) is 9.69 Å². The number of aromatic amines is 1. The van der Waals surface area contributed by atoms with Crippen LogP contribution in [0.3, 0.4) is 0 Å². The minimum atomic E-state index is -0.231. The number of hydrogen-bond acceptors (Lipinski definition) is 5. The third-order valence-corrected chi connectivity index (χ3v) is 2.69. The van der Waals surface area contributed by atoms with E-state index < -0.39 is 0 Å². The minimum Gasteiger partial charge on any atom is -0.498 e. The molecule has 1 aromatic heterocycles. The number of hydrogen-bond donors (Lipinski definition) is 3. The number of rotatable bonds is 1. The zero-order chi connectivity index (χ0) is 9.26. The standard InChI is InChI=1S/C7H10N2O3S/c10-6-5(7(11)13-9-6)4-3-12-2-1-8-4/h4,8,11H,1-3H2,(H,9,10).